The fourth-order valence-electron chi connectivity index (χ4n) is 7.19. The Morgan fingerprint density at radius 2 is 1.85 bits per heavy atom. The van der Waals surface area contributed by atoms with Crippen LogP contribution >= 0.6 is 0 Å². The standard InChI is InChI=1S/C30H37N3O/c1-4-18-15-22-23(17-25(18)33-14-13-20(16-26(33)31)19-9-5-6-10-19)30(2,3)29-27(28(22)34)21-11-7-8-12-24(21)32-29/h7-8,11-12,15,17,19-20,26,32H,4-6,9-10,13-14,16,31H2,1-3H3. The van der Waals surface area contributed by atoms with Gasteiger partial charge in [0.25, 0.3) is 0 Å². The Morgan fingerprint density at radius 3 is 2.59 bits per heavy atom. The van der Waals surface area contributed by atoms with Gasteiger partial charge in [-0.05, 0) is 60.4 Å². The van der Waals surface area contributed by atoms with Gasteiger partial charge in [0, 0.05) is 39.8 Å². The Labute approximate surface area is 202 Å². The van der Waals surface area contributed by atoms with E-state index < -0.39 is 0 Å². The summed E-state index contributed by atoms with van der Waals surface area (Å²) >= 11 is 0. The second-order valence-corrected chi connectivity index (χ2v) is 11.3. The topological polar surface area (TPSA) is 62.1 Å². The van der Waals surface area contributed by atoms with Crippen molar-refractivity contribution in [1.82, 2.24) is 4.98 Å². The summed E-state index contributed by atoms with van der Waals surface area (Å²) in [5, 5.41) is 1.03. The van der Waals surface area contributed by atoms with Crippen molar-refractivity contribution in [3.63, 3.8) is 0 Å². The molecule has 2 unspecified atom stereocenters. The zero-order valence-corrected chi connectivity index (χ0v) is 20.8. The van der Waals surface area contributed by atoms with Crippen molar-refractivity contribution in [2.45, 2.75) is 77.3 Å². The van der Waals surface area contributed by atoms with Crippen molar-refractivity contribution < 1.29 is 4.79 Å². The molecule has 1 aliphatic heterocycles. The van der Waals surface area contributed by atoms with E-state index in [0.29, 0.717) is 0 Å². The molecule has 0 radical (unpaired) electrons. The van der Waals surface area contributed by atoms with E-state index in [0.717, 1.165) is 64.5 Å². The van der Waals surface area contributed by atoms with Crippen LogP contribution in [0.15, 0.2) is 36.4 Å². The number of aryl methyl sites for hydroxylation is 1. The van der Waals surface area contributed by atoms with E-state index in [1.807, 2.05) is 12.1 Å². The van der Waals surface area contributed by atoms with Crippen molar-refractivity contribution in [2.75, 3.05) is 11.4 Å². The number of ketones is 1. The Kier molecular flexibility index (Phi) is 5.14. The first-order valence-electron chi connectivity index (χ1n) is 13.3. The normalized spacial score (nSPS) is 24.5. The molecule has 0 amide bonds. The van der Waals surface area contributed by atoms with Crippen molar-refractivity contribution in [3.8, 4) is 0 Å². The van der Waals surface area contributed by atoms with Crippen LogP contribution in [0.3, 0.4) is 0 Å². The van der Waals surface area contributed by atoms with Gasteiger partial charge in [0.2, 0.25) is 0 Å². The highest BCUT2D eigenvalue weighted by molar-refractivity contribution is 6.20. The molecule has 2 fully saturated rings. The molecule has 2 atom stereocenters. The molecule has 4 heteroatoms. The average molecular weight is 456 g/mol. The molecule has 34 heavy (non-hydrogen) atoms. The number of para-hydroxylation sites is 1. The number of H-pyrrole nitrogens is 1. The fourth-order valence-corrected chi connectivity index (χ4v) is 7.19. The maximum Gasteiger partial charge on any atom is 0.195 e. The highest BCUT2D eigenvalue weighted by atomic mass is 16.1. The number of fused-ring (bicyclic) bond motifs is 4. The maximum atomic E-state index is 13.8. The zero-order chi connectivity index (χ0) is 23.6. The van der Waals surface area contributed by atoms with E-state index in [4.69, 9.17) is 5.73 Å². The van der Waals surface area contributed by atoms with E-state index in [1.165, 1.54) is 43.4 Å². The van der Waals surface area contributed by atoms with Gasteiger partial charge < -0.3 is 15.6 Å². The summed E-state index contributed by atoms with van der Waals surface area (Å²) in [6.07, 6.45) is 8.82. The summed E-state index contributed by atoms with van der Waals surface area (Å²) in [6.45, 7) is 7.69. The van der Waals surface area contributed by atoms with Crippen LogP contribution in [0.25, 0.3) is 10.9 Å². The lowest BCUT2D eigenvalue weighted by molar-refractivity contribution is 0.103. The molecule has 4 nitrogen and oxygen atoms in total. The minimum atomic E-state index is -0.287. The summed E-state index contributed by atoms with van der Waals surface area (Å²) < 4.78 is 0. The SMILES string of the molecule is CCc1cc2c(cc1N1CCC(C3CCCC3)CC1N)C(C)(C)c1[nH]c3ccccc3c1C2=O. The Balaban J connectivity index is 1.41. The predicted molar refractivity (Wildman–Crippen MR) is 140 cm³/mol. The number of hydrogen-bond acceptors (Lipinski definition) is 3. The number of nitrogens with two attached hydrogens (primary N) is 1. The molecule has 2 heterocycles. The van der Waals surface area contributed by atoms with Gasteiger partial charge in [-0.25, -0.2) is 0 Å². The molecule has 3 N–H and O–H groups in total. The van der Waals surface area contributed by atoms with Crippen LogP contribution in [0.5, 0.6) is 0 Å². The Morgan fingerprint density at radius 1 is 1.09 bits per heavy atom. The van der Waals surface area contributed by atoms with Gasteiger partial charge in [0.05, 0.1) is 11.7 Å². The molecule has 2 aliphatic carbocycles. The van der Waals surface area contributed by atoms with Gasteiger partial charge in [-0.2, -0.15) is 0 Å². The third kappa shape index (κ3) is 3.18. The third-order valence-electron chi connectivity index (χ3n) is 9.14. The monoisotopic (exact) mass is 455 g/mol. The van der Waals surface area contributed by atoms with E-state index in [2.05, 4.69) is 54.9 Å². The molecule has 6 rings (SSSR count). The summed E-state index contributed by atoms with van der Waals surface area (Å²) in [5.74, 6) is 1.79. The van der Waals surface area contributed by atoms with E-state index in [9.17, 15) is 4.79 Å². The molecule has 1 aromatic heterocycles. The molecule has 178 valence electrons. The summed E-state index contributed by atoms with van der Waals surface area (Å²) in [5.41, 5.74) is 13.9. The van der Waals surface area contributed by atoms with Crippen molar-refractivity contribution >= 4 is 22.4 Å². The van der Waals surface area contributed by atoms with Crippen LogP contribution in [-0.2, 0) is 11.8 Å². The smallest absolute Gasteiger partial charge is 0.195 e. The van der Waals surface area contributed by atoms with Gasteiger partial charge in [-0.15, -0.1) is 0 Å². The number of aromatic nitrogens is 1. The lowest BCUT2D eigenvalue weighted by atomic mass is 9.70. The van der Waals surface area contributed by atoms with Gasteiger partial charge in [-0.3, -0.25) is 4.79 Å². The molecule has 0 spiro atoms. The minimum absolute atomic E-state index is 0.0498. The second kappa shape index (κ2) is 7.98. The number of nitrogens with one attached hydrogen (secondary N) is 1. The van der Waals surface area contributed by atoms with E-state index >= 15 is 0 Å². The van der Waals surface area contributed by atoms with E-state index in [1.54, 1.807) is 0 Å². The number of carbonyl (C=O) groups is 1. The lowest BCUT2D eigenvalue weighted by Crippen LogP contribution is -2.49. The summed E-state index contributed by atoms with van der Waals surface area (Å²) in [4.78, 5) is 19.9. The Bertz CT molecular complexity index is 1260. The van der Waals surface area contributed by atoms with Gasteiger partial charge in [0.1, 0.15) is 0 Å². The third-order valence-corrected chi connectivity index (χ3v) is 9.14. The van der Waals surface area contributed by atoms with E-state index in [-0.39, 0.29) is 17.4 Å². The number of carbonyl (C=O) groups excluding carboxylic acids is 1. The second-order valence-electron chi connectivity index (χ2n) is 11.3. The zero-order valence-electron chi connectivity index (χ0n) is 20.8. The van der Waals surface area contributed by atoms with Crippen LogP contribution in [0.1, 0.15) is 92.0 Å². The maximum absolute atomic E-state index is 13.8. The summed E-state index contributed by atoms with van der Waals surface area (Å²) in [7, 11) is 0. The molecule has 1 saturated carbocycles. The molecular formula is C30H37N3O. The lowest BCUT2D eigenvalue weighted by Gasteiger charge is -2.43. The molecular weight excluding hydrogens is 418 g/mol. The van der Waals surface area contributed by atoms with Crippen LogP contribution in [-0.4, -0.2) is 23.5 Å². The number of rotatable bonds is 3. The van der Waals surface area contributed by atoms with Crippen LogP contribution < -0.4 is 10.6 Å². The average Bonchev–Trinajstić information content (AvgIpc) is 3.51. The fraction of sp³-hybridized carbons (Fsp3) is 0.500. The number of aromatic amines is 1. The summed E-state index contributed by atoms with van der Waals surface area (Å²) in [6, 6.07) is 12.7. The number of hydrogen-bond donors (Lipinski definition) is 2. The first kappa shape index (κ1) is 21.9. The minimum Gasteiger partial charge on any atom is -0.357 e. The molecule has 3 aromatic rings. The number of piperidine rings is 1. The predicted octanol–water partition coefficient (Wildman–Crippen LogP) is 6.29. The number of anilines is 1. The number of nitrogens with zero attached hydrogens (tertiary/aromatic N) is 1. The Hall–Kier alpha value is -2.59. The van der Waals surface area contributed by atoms with Gasteiger partial charge in [0.15, 0.2) is 5.78 Å². The van der Waals surface area contributed by atoms with Gasteiger partial charge in [-0.1, -0.05) is 64.7 Å². The highest BCUT2D eigenvalue weighted by Gasteiger charge is 2.41. The van der Waals surface area contributed by atoms with Crippen LogP contribution in [0.4, 0.5) is 5.69 Å². The van der Waals surface area contributed by atoms with Crippen molar-refractivity contribution in [3.05, 3.63) is 64.3 Å². The molecule has 3 aliphatic rings. The molecule has 1 saturated heterocycles. The van der Waals surface area contributed by atoms with Gasteiger partial charge >= 0.3 is 0 Å². The van der Waals surface area contributed by atoms with Crippen LogP contribution in [0, 0.1) is 11.8 Å². The number of benzene rings is 2. The first-order valence-corrected chi connectivity index (χ1v) is 13.3. The largest absolute Gasteiger partial charge is 0.357 e. The first-order chi connectivity index (χ1) is 16.4. The van der Waals surface area contributed by atoms with Crippen molar-refractivity contribution in [2.24, 2.45) is 17.6 Å². The van der Waals surface area contributed by atoms with Crippen molar-refractivity contribution in [1.29, 1.82) is 0 Å². The quantitative estimate of drug-likeness (QED) is 0.488. The van der Waals surface area contributed by atoms with Crippen LogP contribution in [0.2, 0.25) is 0 Å². The molecule has 2 aromatic carbocycles. The molecule has 0 bridgehead atoms. The highest BCUT2D eigenvalue weighted by Crippen LogP contribution is 2.46.